The highest BCUT2D eigenvalue weighted by atomic mass is 32.2. The lowest BCUT2D eigenvalue weighted by Gasteiger charge is -2.29. The summed E-state index contributed by atoms with van der Waals surface area (Å²) in [6.45, 7) is 5.18. The van der Waals surface area contributed by atoms with Gasteiger partial charge in [-0.15, -0.1) is 0 Å². The van der Waals surface area contributed by atoms with Crippen molar-refractivity contribution in [3.05, 3.63) is 0 Å². The zero-order chi connectivity index (χ0) is 12.7. The smallest absolute Gasteiger partial charge is 0.168 e. The minimum Gasteiger partial charge on any atom is -0.382 e. The summed E-state index contributed by atoms with van der Waals surface area (Å²) in [5.41, 5.74) is 0. The average Bonchev–Trinajstić information content (AvgIpc) is 2.28. The maximum Gasteiger partial charge on any atom is 0.168 e. The molecule has 1 aliphatic heterocycles. The van der Waals surface area contributed by atoms with E-state index in [0.29, 0.717) is 18.2 Å². The van der Waals surface area contributed by atoms with Gasteiger partial charge < -0.3 is 15.0 Å². The lowest BCUT2D eigenvalue weighted by Crippen LogP contribution is -2.48. The van der Waals surface area contributed by atoms with E-state index in [2.05, 4.69) is 5.32 Å². The summed E-state index contributed by atoms with van der Waals surface area (Å²) in [7, 11) is -2.83. The van der Waals surface area contributed by atoms with E-state index in [4.69, 9.17) is 17.0 Å². The third-order valence-electron chi connectivity index (χ3n) is 2.58. The minimum absolute atomic E-state index is 0.202. The average molecular weight is 280 g/mol. The number of nitrogens with one attached hydrogen (secondary N) is 1. The fraction of sp³-hybridized carbons (Fsp3) is 0.900. The lowest BCUT2D eigenvalue weighted by molar-refractivity contribution is 0.145. The summed E-state index contributed by atoms with van der Waals surface area (Å²) in [5, 5.41) is 3.77. The van der Waals surface area contributed by atoms with Gasteiger partial charge in [-0.1, -0.05) is 0 Å². The van der Waals surface area contributed by atoms with Crippen molar-refractivity contribution in [2.24, 2.45) is 0 Å². The molecule has 5 nitrogen and oxygen atoms in total. The van der Waals surface area contributed by atoms with E-state index in [1.54, 1.807) is 0 Å². The molecule has 0 spiro atoms. The van der Waals surface area contributed by atoms with Crippen LogP contribution in [0, 0.1) is 0 Å². The van der Waals surface area contributed by atoms with Crippen molar-refractivity contribution >= 4 is 27.2 Å². The van der Waals surface area contributed by atoms with Crippen molar-refractivity contribution in [3.63, 3.8) is 0 Å². The molecular weight excluding hydrogens is 260 g/mol. The second-order valence-electron chi connectivity index (χ2n) is 3.92. The highest BCUT2D eigenvalue weighted by Gasteiger charge is 2.22. The van der Waals surface area contributed by atoms with E-state index in [1.807, 2.05) is 11.8 Å². The van der Waals surface area contributed by atoms with Crippen molar-refractivity contribution in [1.82, 2.24) is 10.2 Å². The van der Waals surface area contributed by atoms with Crippen molar-refractivity contribution < 1.29 is 13.2 Å². The molecule has 1 aliphatic rings. The van der Waals surface area contributed by atoms with Crippen LogP contribution in [0.2, 0.25) is 0 Å². The Hall–Kier alpha value is -0.400. The zero-order valence-corrected chi connectivity index (χ0v) is 11.8. The van der Waals surface area contributed by atoms with Crippen molar-refractivity contribution in [3.8, 4) is 0 Å². The summed E-state index contributed by atoms with van der Waals surface area (Å²) >= 11 is 5.21. The first-order valence-electron chi connectivity index (χ1n) is 5.86. The fourth-order valence-corrected chi connectivity index (χ4v) is 3.03. The van der Waals surface area contributed by atoms with Gasteiger partial charge in [0.05, 0.1) is 11.5 Å². The van der Waals surface area contributed by atoms with Crippen LogP contribution < -0.4 is 5.32 Å². The first kappa shape index (κ1) is 14.7. The summed E-state index contributed by atoms with van der Waals surface area (Å²) < 4.78 is 27.7. The molecule has 1 saturated heterocycles. The number of hydrogen-bond donors (Lipinski definition) is 1. The van der Waals surface area contributed by atoms with Gasteiger partial charge in [-0.3, -0.25) is 0 Å². The summed E-state index contributed by atoms with van der Waals surface area (Å²) in [6, 6.07) is 0. The first-order valence-corrected chi connectivity index (χ1v) is 8.09. The molecule has 1 rings (SSSR count). The Morgan fingerprint density at radius 3 is 2.65 bits per heavy atom. The van der Waals surface area contributed by atoms with Crippen molar-refractivity contribution in [2.75, 3.05) is 44.4 Å². The number of nitrogens with zero attached hydrogens (tertiary/aromatic N) is 1. The number of rotatable bonds is 5. The van der Waals surface area contributed by atoms with E-state index >= 15 is 0 Å². The largest absolute Gasteiger partial charge is 0.382 e. The number of thiocarbonyl (C=S) groups is 1. The maximum absolute atomic E-state index is 11.2. The van der Waals surface area contributed by atoms with Crippen LogP contribution in [0.1, 0.15) is 13.3 Å². The summed E-state index contributed by atoms with van der Waals surface area (Å²) in [6.07, 6.45) is 0.903. The van der Waals surface area contributed by atoms with Gasteiger partial charge in [-0.25, -0.2) is 8.42 Å². The third-order valence-corrected chi connectivity index (χ3v) is 4.59. The summed E-state index contributed by atoms with van der Waals surface area (Å²) in [4.78, 5) is 1.91. The van der Waals surface area contributed by atoms with Gasteiger partial charge in [0.15, 0.2) is 14.9 Å². The van der Waals surface area contributed by atoms with Crippen LogP contribution >= 0.6 is 12.2 Å². The van der Waals surface area contributed by atoms with Gasteiger partial charge in [-0.2, -0.15) is 0 Å². The van der Waals surface area contributed by atoms with Gasteiger partial charge in [-0.05, 0) is 25.6 Å². The second-order valence-corrected chi connectivity index (χ2v) is 6.61. The van der Waals surface area contributed by atoms with Crippen molar-refractivity contribution in [2.45, 2.75) is 13.3 Å². The molecule has 1 N–H and O–H groups in total. The van der Waals surface area contributed by atoms with Crippen LogP contribution in [0.4, 0.5) is 0 Å². The van der Waals surface area contributed by atoms with Crippen LogP contribution in [0.15, 0.2) is 0 Å². The molecule has 1 heterocycles. The molecule has 0 aliphatic carbocycles. The topological polar surface area (TPSA) is 58.6 Å². The molecule has 0 radical (unpaired) electrons. The molecule has 100 valence electrons. The first-order chi connectivity index (χ1) is 8.05. The Kier molecular flexibility index (Phi) is 6.15. The van der Waals surface area contributed by atoms with Crippen LogP contribution in [0.5, 0.6) is 0 Å². The minimum atomic E-state index is -2.83. The SMILES string of the molecule is CCOCCCNC(=S)N1CCS(=O)(=O)CC1. The Bertz CT molecular complexity index is 329. The standard InChI is InChI=1S/C10H20N2O3S2/c1-2-15-7-3-4-11-10(16)12-5-8-17(13,14)9-6-12/h2-9H2,1H3,(H,11,16). The molecule has 0 saturated carbocycles. The highest BCUT2D eigenvalue weighted by molar-refractivity contribution is 7.91. The maximum atomic E-state index is 11.2. The summed E-state index contributed by atoms with van der Waals surface area (Å²) in [5.74, 6) is 0.404. The van der Waals surface area contributed by atoms with Gasteiger partial charge >= 0.3 is 0 Å². The number of hydrogen-bond acceptors (Lipinski definition) is 4. The quantitative estimate of drug-likeness (QED) is 0.566. The molecule has 17 heavy (non-hydrogen) atoms. The Balaban J connectivity index is 2.16. The van der Waals surface area contributed by atoms with Crippen LogP contribution in [0.3, 0.4) is 0 Å². The second kappa shape index (κ2) is 7.13. The predicted octanol–water partition coefficient (Wildman–Crippen LogP) is 0.0179. The normalized spacial score (nSPS) is 19.0. The van der Waals surface area contributed by atoms with Gasteiger partial charge in [0.2, 0.25) is 0 Å². The van der Waals surface area contributed by atoms with E-state index in [9.17, 15) is 8.42 Å². The monoisotopic (exact) mass is 280 g/mol. The van der Waals surface area contributed by atoms with Crippen molar-refractivity contribution in [1.29, 1.82) is 0 Å². The van der Waals surface area contributed by atoms with Crippen LogP contribution in [-0.4, -0.2) is 62.8 Å². The molecule has 1 fully saturated rings. The molecule has 0 amide bonds. The Morgan fingerprint density at radius 1 is 1.41 bits per heavy atom. The van der Waals surface area contributed by atoms with Gasteiger partial charge in [0.1, 0.15) is 0 Å². The van der Waals surface area contributed by atoms with Gasteiger partial charge in [0, 0.05) is 32.8 Å². The molecule has 0 atom stereocenters. The molecule has 0 unspecified atom stereocenters. The predicted molar refractivity (Wildman–Crippen MR) is 71.9 cm³/mol. The Morgan fingerprint density at radius 2 is 2.06 bits per heavy atom. The van der Waals surface area contributed by atoms with E-state index in [1.165, 1.54) is 0 Å². The van der Waals surface area contributed by atoms with Crippen LogP contribution in [0.25, 0.3) is 0 Å². The number of ether oxygens (including phenoxy) is 1. The number of sulfone groups is 1. The molecule has 7 heteroatoms. The van der Waals surface area contributed by atoms with E-state index in [-0.39, 0.29) is 11.5 Å². The lowest BCUT2D eigenvalue weighted by atomic mass is 10.4. The van der Waals surface area contributed by atoms with Crippen LogP contribution in [-0.2, 0) is 14.6 Å². The fourth-order valence-electron chi connectivity index (χ4n) is 1.54. The molecule has 0 aromatic rings. The third kappa shape index (κ3) is 5.65. The molecule has 0 bridgehead atoms. The zero-order valence-electron chi connectivity index (χ0n) is 10.1. The molecule has 0 aromatic heterocycles. The molecular formula is C10H20N2O3S2. The Labute approximate surface area is 108 Å². The molecule has 0 aromatic carbocycles. The highest BCUT2D eigenvalue weighted by Crippen LogP contribution is 2.03. The van der Waals surface area contributed by atoms with E-state index < -0.39 is 9.84 Å². The van der Waals surface area contributed by atoms with E-state index in [0.717, 1.165) is 26.2 Å². The van der Waals surface area contributed by atoms with Gasteiger partial charge in [0.25, 0.3) is 0 Å².